The molecule has 0 unspecified atom stereocenters. The SMILES string of the molecule is Cc1ccc(C(=O)NC(C)(C)C(C)(C)O)n1C. The summed E-state index contributed by atoms with van der Waals surface area (Å²) < 4.78 is 1.83. The first-order chi connectivity index (χ1) is 7.56. The number of aromatic nitrogens is 1. The van der Waals surface area contributed by atoms with E-state index in [2.05, 4.69) is 5.32 Å². The Morgan fingerprint density at radius 2 is 1.82 bits per heavy atom. The maximum absolute atomic E-state index is 12.1. The average Bonchev–Trinajstić information content (AvgIpc) is 2.45. The van der Waals surface area contributed by atoms with Crippen LogP contribution in [0.1, 0.15) is 43.9 Å². The van der Waals surface area contributed by atoms with Gasteiger partial charge in [0, 0.05) is 12.7 Å². The molecule has 0 saturated carbocycles. The van der Waals surface area contributed by atoms with Gasteiger partial charge in [0.2, 0.25) is 0 Å². The molecule has 1 rings (SSSR count). The monoisotopic (exact) mass is 238 g/mol. The second-order valence-corrected chi connectivity index (χ2v) is 5.56. The minimum absolute atomic E-state index is 0.173. The molecule has 0 aliphatic rings. The van der Waals surface area contributed by atoms with Gasteiger partial charge in [-0.25, -0.2) is 0 Å². The quantitative estimate of drug-likeness (QED) is 0.840. The molecule has 0 saturated heterocycles. The van der Waals surface area contributed by atoms with Crippen LogP contribution in [0.2, 0.25) is 0 Å². The molecule has 0 spiro atoms. The molecular formula is C13H22N2O2. The van der Waals surface area contributed by atoms with E-state index in [1.54, 1.807) is 33.8 Å². The first-order valence-corrected chi connectivity index (χ1v) is 5.73. The Morgan fingerprint density at radius 1 is 1.29 bits per heavy atom. The van der Waals surface area contributed by atoms with Gasteiger partial charge in [0.25, 0.3) is 5.91 Å². The molecule has 0 fully saturated rings. The lowest BCUT2D eigenvalue weighted by Crippen LogP contribution is -2.57. The van der Waals surface area contributed by atoms with Crippen molar-refractivity contribution in [2.24, 2.45) is 7.05 Å². The number of nitrogens with zero attached hydrogens (tertiary/aromatic N) is 1. The van der Waals surface area contributed by atoms with Gasteiger partial charge in [-0.2, -0.15) is 0 Å². The lowest BCUT2D eigenvalue weighted by molar-refractivity contribution is -0.00308. The standard InChI is InChI=1S/C13H22N2O2/c1-9-7-8-10(15(9)6)11(16)14-12(2,3)13(4,5)17/h7-8,17H,1-6H3,(H,14,16). The van der Waals surface area contributed by atoms with E-state index in [0.717, 1.165) is 5.69 Å². The van der Waals surface area contributed by atoms with E-state index < -0.39 is 11.1 Å². The molecular weight excluding hydrogens is 216 g/mol. The smallest absolute Gasteiger partial charge is 0.268 e. The van der Waals surface area contributed by atoms with Crippen molar-refractivity contribution >= 4 is 5.91 Å². The van der Waals surface area contributed by atoms with Gasteiger partial charge >= 0.3 is 0 Å². The highest BCUT2D eigenvalue weighted by atomic mass is 16.3. The van der Waals surface area contributed by atoms with Crippen LogP contribution in [-0.2, 0) is 7.05 Å². The topological polar surface area (TPSA) is 54.3 Å². The van der Waals surface area contributed by atoms with Crippen molar-refractivity contribution in [3.05, 3.63) is 23.5 Å². The number of nitrogens with one attached hydrogen (secondary N) is 1. The van der Waals surface area contributed by atoms with Gasteiger partial charge in [-0.1, -0.05) is 0 Å². The molecule has 96 valence electrons. The molecule has 1 heterocycles. The number of amides is 1. The number of rotatable bonds is 3. The number of carbonyl (C=O) groups is 1. The number of aliphatic hydroxyl groups is 1. The summed E-state index contributed by atoms with van der Waals surface area (Å²) in [5.41, 5.74) is -0.0541. The molecule has 0 aromatic carbocycles. The molecule has 1 aromatic heterocycles. The van der Waals surface area contributed by atoms with E-state index >= 15 is 0 Å². The van der Waals surface area contributed by atoms with E-state index in [4.69, 9.17) is 0 Å². The lowest BCUT2D eigenvalue weighted by Gasteiger charge is -2.38. The maximum atomic E-state index is 12.1. The van der Waals surface area contributed by atoms with Gasteiger partial charge in [0.05, 0.1) is 11.1 Å². The van der Waals surface area contributed by atoms with Crippen LogP contribution in [0.15, 0.2) is 12.1 Å². The number of hydrogen-bond donors (Lipinski definition) is 2. The maximum Gasteiger partial charge on any atom is 0.268 e. The zero-order valence-electron chi connectivity index (χ0n) is 11.5. The minimum atomic E-state index is -0.983. The zero-order chi connectivity index (χ0) is 13.4. The van der Waals surface area contributed by atoms with Crippen LogP contribution in [-0.4, -0.2) is 26.7 Å². The molecule has 0 atom stereocenters. The number of hydrogen-bond acceptors (Lipinski definition) is 2. The summed E-state index contributed by atoms with van der Waals surface area (Å²) in [6.45, 7) is 8.92. The van der Waals surface area contributed by atoms with Crippen LogP contribution < -0.4 is 5.32 Å². The van der Waals surface area contributed by atoms with Crippen LogP contribution in [0, 0.1) is 6.92 Å². The van der Waals surface area contributed by atoms with Crippen molar-refractivity contribution in [2.45, 2.75) is 45.8 Å². The highest BCUT2D eigenvalue weighted by Crippen LogP contribution is 2.21. The summed E-state index contributed by atoms with van der Waals surface area (Å²) in [6, 6.07) is 3.68. The molecule has 4 heteroatoms. The Hall–Kier alpha value is -1.29. The van der Waals surface area contributed by atoms with Crippen molar-refractivity contribution < 1.29 is 9.90 Å². The Labute approximate surface area is 103 Å². The molecule has 2 N–H and O–H groups in total. The summed E-state index contributed by atoms with van der Waals surface area (Å²) in [5, 5.41) is 12.9. The van der Waals surface area contributed by atoms with E-state index in [1.807, 2.05) is 24.6 Å². The highest BCUT2D eigenvalue weighted by Gasteiger charge is 2.36. The second kappa shape index (κ2) is 4.18. The molecule has 1 aromatic rings. The molecule has 0 bridgehead atoms. The minimum Gasteiger partial charge on any atom is -0.388 e. The summed E-state index contributed by atoms with van der Waals surface area (Å²) in [4.78, 5) is 12.1. The van der Waals surface area contributed by atoms with Gasteiger partial charge in [0.1, 0.15) is 5.69 Å². The Bertz CT molecular complexity index is 425. The first kappa shape index (κ1) is 13.8. The van der Waals surface area contributed by atoms with Gasteiger partial charge in [-0.3, -0.25) is 4.79 Å². The lowest BCUT2D eigenvalue weighted by atomic mass is 9.86. The summed E-state index contributed by atoms with van der Waals surface area (Å²) in [5.74, 6) is -0.173. The second-order valence-electron chi connectivity index (χ2n) is 5.56. The van der Waals surface area contributed by atoms with E-state index in [1.165, 1.54) is 0 Å². The van der Waals surface area contributed by atoms with Crippen LogP contribution in [0.5, 0.6) is 0 Å². The van der Waals surface area contributed by atoms with Crippen molar-refractivity contribution in [3.63, 3.8) is 0 Å². The average molecular weight is 238 g/mol. The number of carbonyl (C=O) groups excluding carboxylic acids is 1. The normalized spacial score (nSPS) is 12.6. The van der Waals surface area contributed by atoms with Crippen molar-refractivity contribution in [2.75, 3.05) is 0 Å². The third kappa shape index (κ3) is 2.69. The van der Waals surface area contributed by atoms with E-state index in [9.17, 15) is 9.90 Å². The Balaban J connectivity index is 2.91. The Morgan fingerprint density at radius 3 is 2.18 bits per heavy atom. The summed E-state index contributed by atoms with van der Waals surface area (Å²) >= 11 is 0. The summed E-state index contributed by atoms with van der Waals surface area (Å²) in [7, 11) is 1.85. The molecule has 0 radical (unpaired) electrons. The van der Waals surface area contributed by atoms with Crippen molar-refractivity contribution in [1.82, 2.24) is 9.88 Å². The largest absolute Gasteiger partial charge is 0.388 e. The van der Waals surface area contributed by atoms with Crippen LogP contribution in [0.4, 0.5) is 0 Å². The van der Waals surface area contributed by atoms with Gasteiger partial charge < -0.3 is 15.0 Å². The van der Waals surface area contributed by atoms with E-state index in [-0.39, 0.29) is 5.91 Å². The molecule has 0 aliphatic heterocycles. The van der Waals surface area contributed by atoms with Crippen molar-refractivity contribution in [3.8, 4) is 0 Å². The van der Waals surface area contributed by atoms with Crippen molar-refractivity contribution in [1.29, 1.82) is 0 Å². The Kier molecular flexibility index (Phi) is 3.39. The predicted molar refractivity (Wildman–Crippen MR) is 68.0 cm³/mol. The highest BCUT2D eigenvalue weighted by molar-refractivity contribution is 5.93. The fourth-order valence-corrected chi connectivity index (χ4v) is 1.34. The molecule has 1 amide bonds. The number of aryl methyl sites for hydroxylation is 1. The van der Waals surface area contributed by atoms with E-state index in [0.29, 0.717) is 5.69 Å². The molecule has 0 aliphatic carbocycles. The fraction of sp³-hybridized carbons (Fsp3) is 0.615. The van der Waals surface area contributed by atoms with Crippen LogP contribution in [0.3, 0.4) is 0 Å². The van der Waals surface area contributed by atoms with Gasteiger partial charge in [-0.05, 0) is 46.8 Å². The molecule has 17 heavy (non-hydrogen) atoms. The predicted octanol–water partition coefficient (Wildman–Crippen LogP) is 1.61. The molecule has 4 nitrogen and oxygen atoms in total. The van der Waals surface area contributed by atoms with Crippen LogP contribution in [0.25, 0.3) is 0 Å². The third-order valence-electron chi connectivity index (χ3n) is 3.56. The van der Waals surface area contributed by atoms with Crippen LogP contribution >= 0.6 is 0 Å². The first-order valence-electron chi connectivity index (χ1n) is 5.73. The third-order valence-corrected chi connectivity index (χ3v) is 3.56. The van der Waals surface area contributed by atoms with Gasteiger partial charge in [0.15, 0.2) is 0 Å². The summed E-state index contributed by atoms with van der Waals surface area (Å²) in [6.07, 6.45) is 0. The van der Waals surface area contributed by atoms with Gasteiger partial charge in [-0.15, -0.1) is 0 Å². The fourth-order valence-electron chi connectivity index (χ4n) is 1.34. The zero-order valence-corrected chi connectivity index (χ0v) is 11.5.